The van der Waals surface area contributed by atoms with Gasteiger partial charge in [0.2, 0.25) is 0 Å². The normalized spacial score (nSPS) is 26.1. The fraction of sp³-hybridized carbons (Fsp3) is 0.611. The Morgan fingerprint density at radius 2 is 2.28 bits per heavy atom. The van der Waals surface area contributed by atoms with Gasteiger partial charge in [0.1, 0.15) is 5.75 Å². The summed E-state index contributed by atoms with van der Waals surface area (Å²) in [7, 11) is 1.59. The maximum atomic E-state index is 12.4. The van der Waals surface area contributed by atoms with Gasteiger partial charge in [-0.25, -0.2) is 4.79 Å². The van der Waals surface area contributed by atoms with Gasteiger partial charge in [-0.15, -0.1) is 0 Å². The molecule has 0 aromatic heterocycles. The van der Waals surface area contributed by atoms with Gasteiger partial charge in [-0.05, 0) is 37.5 Å². The van der Waals surface area contributed by atoms with Gasteiger partial charge in [0.15, 0.2) is 0 Å². The van der Waals surface area contributed by atoms with Gasteiger partial charge in [0.05, 0.1) is 25.5 Å². The maximum Gasteiger partial charge on any atom is 0.319 e. The summed E-state index contributed by atoms with van der Waals surface area (Å²) in [5.74, 6) is 0.643. The number of ether oxygens (including phenoxy) is 2. The lowest BCUT2D eigenvalue weighted by Crippen LogP contribution is -2.46. The molecule has 2 aliphatic rings. The second-order valence-corrected chi connectivity index (χ2v) is 6.81. The lowest BCUT2D eigenvalue weighted by molar-refractivity contribution is -0.0566. The molecule has 0 saturated carbocycles. The summed E-state index contributed by atoms with van der Waals surface area (Å²) in [6.07, 6.45) is 1.63. The topological polar surface area (TPSA) is 83.1 Å². The zero-order valence-corrected chi connectivity index (χ0v) is 14.8. The molecule has 2 fully saturated rings. The number of carbonyl (C=O) groups is 1. The predicted octanol–water partition coefficient (Wildman–Crippen LogP) is 1.35. The number of carbonyl (C=O) groups excluding carboxylic acids is 1. The van der Waals surface area contributed by atoms with E-state index in [-0.39, 0.29) is 24.8 Å². The molecule has 1 aromatic carbocycles. The third-order valence-corrected chi connectivity index (χ3v) is 4.88. The Kier molecular flexibility index (Phi) is 5.78. The Morgan fingerprint density at radius 1 is 1.44 bits per heavy atom. The van der Waals surface area contributed by atoms with Gasteiger partial charge in [-0.2, -0.15) is 0 Å². The van der Waals surface area contributed by atoms with E-state index in [1.165, 1.54) is 0 Å². The zero-order valence-electron chi connectivity index (χ0n) is 14.8. The van der Waals surface area contributed by atoms with E-state index in [1.54, 1.807) is 7.11 Å². The highest BCUT2D eigenvalue weighted by molar-refractivity contribution is 5.91. The van der Waals surface area contributed by atoms with Gasteiger partial charge in [0, 0.05) is 31.8 Å². The molecule has 1 aromatic rings. The van der Waals surface area contributed by atoms with E-state index >= 15 is 0 Å². The van der Waals surface area contributed by atoms with Gasteiger partial charge in [0.25, 0.3) is 0 Å². The van der Waals surface area contributed by atoms with Crippen LogP contribution in [-0.4, -0.2) is 67.6 Å². The summed E-state index contributed by atoms with van der Waals surface area (Å²) in [6.45, 7) is 4.41. The van der Waals surface area contributed by atoms with Crippen LogP contribution in [0.15, 0.2) is 18.2 Å². The highest BCUT2D eigenvalue weighted by atomic mass is 16.5. The first-order chi connectivity index (χ1) is 12.1. The molecule has 0 radical (unpaired) electrons. The first-order valence-electron chi connectivity index (χ1n) is 8.77. The van der Waals surface area contributed by atoms with E-state index in [1.807, 2.05) is 25.1 Å². The Morgan fingerprint density at radius 3 is 3.04 bits per heavy atom. The van der Waals surface area contributed by atoms with Crippen molar-refractivity contribution in [3.8, 4) is 5.75 Å². The summed E-state index contributed by atoms with van der Waals surface area (Å²) in [5, 5.41) is 15.0. The van der Waals surface area contributed by atoms with Crippen molar-refractivity contribution < 1.29 is 19.4 Å². The van der Waals surface area contributed by atoms with Crippen molar-refractivity contribution in [2.75, 3.05) is 38.7 Å². The molecule has 3 atom stereocenters. The van der Waals surface area contributed by atoms with Crippen molar-refractivity contribution in [2.45, 2.75) is 38.0 Å². The number of morpholine rings is 1. The molecule has 2 heterocycles. The Balaban J connectivity index is 1.53. The average molecular weight is 349 g/mol. The number of hydrogen-bond acceptors (Lipinski definition) is 5. The minimum absolute atomic E-state index is 0.0883. The number of nitrogens with zero attached hydrogens (tertiary/aromatic N) is 1. The lowest BCUT2D eigenvalue weighted by atomic mass is 10.1. The van der Waals surface area contributed by atoms with E-state index in [9.17, 15) is 4.79 Å². The molecule has 0 bridgehead atoms. The van der Waals surface area contributed by atoms with Crippen LogP contribution < -0.4 is 15.4 Å². The third kappa shape index (κ3) is 4.42. The van der Waals surface area contributed by atoms with E-state index in [2.05, 4.69) is 15.5 Å². The standard InChI is InChI=1S/C18H27N3O4/c1-12-3-4-17(24-2)16(7-12)20-18(23)19-13-8-14-11-25-15(5-6-22)10-21(14)9-13/h3-4,7,13-15,22H,5-6,8-11H2,1-2H3,(H2,19,20,23)/t13-,14+,15+/m1/s1. The number of hydrogen-bond donors (Lipinski definition) is 3. The predicted molar refractivity (Wildman–Crippen MR) is 95.1 cm³/mol. The first kappa shape index (κ1) is 18.0. The number of benzene rings is 1. The molecule has 0 aliphatic carbocycles. The van der Waals surface area contributed by atoms with Crippen LogP contribution in [0.5, 0.6) is 5.75 Å². The molecular formula is C18H27N3O4. The number of methoxy groups -OCH3 is 1. The number of fused-ring (bicyclic) bond motifs is 1. The van der Waals surface area contributed by atoms with E-state index in [0.29, 0.717) is 30.5 Å². The van der Waals surface area contributed by atoms with E-state index in [4.69, 9.17) is 14.6 Å². The second-order valence-electron chi connectivity index (χ2n) is 6.81. The molecule has 2 amide bonds. The van der Waals surface area contributed by atoms with Crippen LogP contribution in [-0.2, 0) is 4.74 Å². The molecule has 7 heteroatoms. The van der Waals surface area contributed by atoms with Crippen LogP contribution in [0, 0.1) is 6.92 Å². The Bertz CT molecular complexity index is 610. The molecule has 2 aliphatic heterocycles. The third-order valence-electron chi connectivity index (χ3n) is 4.88. The number of aryl methyl sites for hydroxylation is 1. The smallest absolute Gasteiger partial charge is 0.319 e. The van der Waals surface area contributed by atoms with Crippen molar-refractivity contribution >= 4 is 11.7 Å². The molecule has 3 N–H and O–H groups in total. The van der Waals surface area contributed by atoms with Crippen LogP contribution in [0.2, 0.25) is 0 Å². The van der Waals surface area contributed by atoms with Crippen LogP contribution in [0.3, 0.4) is 0 Å². The summed E-state index contributed by atoms with van der Waals surface area (Å²) in [6, 6.07) is 5.90. The number of aliphatic hydroxyl groups excluding tert-OH is 1. The van der Waals surface area contributed by atoms with Crippen molar-refractivity contribution in [2.24, 2.45) is 0 Å². The van der Waals surface area contributed by atoms with Crippen LogP contribution >= 0.6 is 0 Å². The first-order valence-corrected chi connectivity index (χ1v) is 8.77. The molecule has 138 valence electrons. The van der Waals surface area contributed by atoms with E-state index < -0.39 is 0 Å². The van der Waals surface area contributed by atoms with Gasteiger partial charge < -0.3 is 25.2 Å². The average Bonchev–Trinajstić information content (AvgIpc) is 2.96. The zero-order chi connectivity index (χ0) is 17.8. The number of nitrogens with one attached hydrogen (secondary N) is 2. The van der Waals surface area contributed by atoms with Crippen molar-refractivity contribution in [3.63, 3.8) is 0 Å². The molecule has 3 rings (SSSR count). The summed E-state index contributed by atoms with van der Waals surface area (Å²) >= 11 is 0. The number of urea groups is 1. The number of anilines is 1. The molecule has 7 nitrogen and oxygen atoms in total. The Labute approximate surface area is 148 Å². The second kappa shape index (κ2) is 8.03. The van der Waals surface area contributed by atoms with Crippen molar-refractivity contribution in [3.05, 3.63) is 23.8 Å². The minimum atomic E-state index is -0.221. The molecule has 25 heavy (non-hydrogen) atoms. The number of aliphatic hydroxyl groups is 1. The largest absolute Gasteiger partial charge is 0.495 e. The van der Waals surface area contributed by atoms with E-state index in [0.717, 1.165) is 25.1 Å². The summed E-state index contributed by atoms with van der Waals surface area (Å²) < 4.78 is 11.1. The monoisotopic (exact) mass is 349 g/mol. The molecule has 2 saturated heterocycles. The van der Waals surface area contributed by atoms with Crippen LogP contribution in [0.4, 0.5) is 10.5 Å². The highest BCUT2D eigenvalue weighted by Crippen LogP contribution is 2.26. The fourth-order valence-corrected chi connectivity index (χ4v) is 3.63. The number of rotatable bonds is 5. The van der Waals surface area contributed by atoms with Gasteiger partial charge in [-0.1, -0.05) is 6.07 Å². The summed E-state index contributed by atoms with van der Waals surface area (Å²) in [5.41, 5.74) is 1.73. The number of amides is 2. The van der Waals surface area contributed by atoms with Crippen molar-refractivity contribution in [1.82, 2.24) is 10.2 Å². The maximum absolute atomic E-state index is 12.4. The lowest BCUT2D eigenvalue weighted by Gasteiger charge is -2.34. The fourth-order valence-electron chi connectivity index (χ4n) is 3.63. The molecule has 0 unspecified atom stereocenters. The highest BCUT2D eigenvalue weighted by Gasteiger charge is 2.37. The summed E-state index contributed by atoms with van der Waals surface area (Å²) in [4.78, 5) is 14.7. The van der Waals surface area contributed by atoms with Crippen molar-refractivity contribution in [1.29, 1.82) is 0 Å². The minimum Gasteiger partial charge on any atom is -0.495 e. The molecular weight excluding hydrogens is 322 g/mol. The SMILES string of the molecule is COc1ccc(C)cc1NC(=O)N[C@@H]1C[C@H]2CO[C@@H](CCO)CN2C1. The van der Waals surface area contributed by atoms with Gasteiger partial charge >= 0.3 is 6.03 Å². The Hall–Kier alpha value is -1.83. The van der Waals surface area contributed by atoms with Crippen LogP contribution in [0.1, 0.15) is 18.4 Å². The van der Waals surface area contributed by atoms with Gasteiger partial charge in [-0.3, -0.25) is 4.90 Å². The van der Waals surface area contributed by atoms with Crippen LogP contribution in [0.25, 0.3) is 0 Å². The quantitative estimate of drug-likeness (QED) is 0.747. The molecule has 0 spiro atoms.